The van der Waals surface area contributed by atoms with Gasteiger partial charge in [0.15, 0.2) is 17.2 Å². The first-order valence-corrected chi connectivity index (χ1v) is 13.6. The van der Waals surface area contributed by atoms with Crippen molar-refractivity contribution < 1.29 is 34.8 Å². The zero-order chi connectivity index (χ0) is 28.5. The van der Waals surface area contributed by atoms with Crippen LogP contribution in [-0.4, -0.2) is 55.7 Å². The van der Waals surface area contributed by atoms with E-state index in [0.29, 0.717) is 24.0 Å². The van der Waals surface area contributed by atoms with E-state index in [0.717, 1.165) is 18.4 Å². The summed E-state index contributed by atoms with van der Waals surface area (Å²) in [5, 5.41) is 46.3. The van der Waals surface area contributed by atoms with Crippen molar-refractivity contribution in [3.05, 3.63) is 28.3 Å². The number of phenols is 1. The molecule has 0 aromatic heterocycles. The number of primary amides is 1. The van der Waals surface area contributed by atoms with E-state index in [1.54, 1.807) is 6.92 Å². The topological polar surface area (TPSA) is 184 Å². The highest BCUT2D eigenvalue weighted by molar-refractivity contribution is 6.09. The van der Waals surface area contributed by atoms with Crippen LogP contribution in [0.5, 0.6) is 5.75 Å². The number of benzene rings is 1. The van der Waals surface area contributed by atoms with E-state index < -0.39 is 63.9 Å². The van der Waals surface area contributed by atoms with Crippen LogP contribution in [0.25, 0.3) is 0 Å². The van der Waals surface area contributed by atoms with Gasteiger partial charge in [-0.3, -0.25) is 14.4 Å². The lowest BCUT2D eigenvalue weighted by molar-refractivity contribution is -0.265. The Morgan fingerprint density at radius 2 is 1.82 bits per heavy atom. The molecule has 0 heterocycles. The van der Waals surface area contributed by atoms with Crippen molar-refractivity contribution in [2.45, 2.75) is 91.1 Å². The molecule has 2 saturated carbocycles. The molecular formula is C29H42N2O7. The number of hydrogen-bond donors (Lipinski definition) is 6. The minimum Gasteiger partial charge on any atom is -0.507 e. The van der Waals surface area contributed by atoms with Gasteiger partial charge in [0, 0.05) is 17.5 Å². The summed E-state index contributed by atoms with van der Waals surface area (Å²) in [6, 6.07) is 1.85. The van der Waals surface area contributed by atoms with Gasteiger partial charge in [0.05, 0.1) is 17.6 Å². The highest BCUT2D eigenvalue weighted by Gasteiger charge is 2.75. The molecule has 1 aromatic carbocycles. The van der Waals surface area contributed by atoms with E-state index in [4.69, 9.17) is 11.5 Å². The number of phenolic OH excluding ortho intramolecular Hbond substituents is 1. The monoisotopic (exact) mass is 530 g/mol. The van der Waals surface area contributed by atoms with Gasteiger partial charge in [0.2, 0.25) is 5.91 Å². The SMILES string of the molecule is CCCCc1cc(CN)c(O)c2c1C[C@]1(C)C[C@]3(C)[C@@H](C(C)C)C(O)[C@@H](C(N)=O)C(=O)[C@]3(O)C(O)[C@H]1C2=O. The molecule has 2 fully saturated rings. The van der Waals surface area contributed by atoms with Gasteiger partial charge in [-0.2, -0.15) is 0 Å². The van der Waals surface area contributed by atoms with E-state index in [9.17, 15) is 34.8 Å². The molecule has 210 valence electrons. The number of aliphatic hydroxyl groups excluding tert-OH is 2. The molecule has 2 unspecified atom stereocenters. The highest BCUT2D eigenvalue weighted by atomic mass is 16.4. The second-order valence-electron chi connectivity index (χ2n) is 12.7. The Labute approximate surface area is 223 Å². The smallest absolute Gasteiger partial charge is 0.230 e. The maximum Gasteiger partial charge on any atom is 0.230 e. The molecule has 0 saturated heterocycles. The summed E-state index contributed by atoms with van der Waals surface area (Å²) in [5.41, 5.74) is 8.74. The van der Waals surface area contributed by atoms with Gasteiger partial charge in [-0.1, -0.05) is 47.1 Å². The van der Waals surface area contributed by atoms with E-state index in [2.05, 4.69) is 6.92 Å². The number of aryl methyl sites for hydroxylation is 1. The van der Waals surface area contributed by atoms with Gasteiger partial charge >= 0.3 is 0 Å². The quantitative estimate of drug-likeness (QED) is 0.298. The number of Topliss-reactive ketones (excluding diaryl/α,β-unsaturated/α-hetero) is 2. The number of carbonyl (C=O) groups is 3. The fraction of sp³-hybridized carbons (Fsp3) is 0.690. The molecule has 9 heteroatoms. The fourth-order valence-corrected chi connectivity index (χ4v) is 8.48. The van der Waals surface area contributed by atoms with Crippen molar-refractivity contribution in [3.8, 4) is 5.75 Å². The summed E-state index contributed by atoms with van der Waals surface area (Å²) in [6.45, 7) is 9.25. The summed E-state index contributed by atoms with van der Waals surface area (Å²) < 4.78 is 0. The first-order chi connectivity index (χ1) is 17.6. The summed E-state index contributed by atoms with van der Waals surface area (Å²) in [4.78, 5) is 40.2. The lowest BCUT2D eigenvalue weighted by Gasteiger charge is -2.66. The molecule has 8 atom stereocenters. The summed E-state index contributed by atoms with van der Waals surface area (Å²) in [5.74, 6) is -6.94. The van der Waals surface area contributed by atoms with Crippen LogP contribution >= 0.6 is 0 Å². The van der Waals surface area contributed by atoms with Gasteiger partial charge in [0.25, 0.3) is 0 Å². The third-order valence-electron chi connectivity index (χ3n) is 9.97. The molecule has 0 bridgehead atoms. The third kappa shape index (κ3) is 3.62. The van der Waals surface area contributed by atoms with Crippen LogP contribution in [0.15, 0.2) is 6.07 Å². The van der Waals surface area contributed by atoms with Crippen LogP contribution in [-0.2, 0) is 29.0 Å². The van der Waals surface area contributed by atoms with Crippen LogP contribution in [0.3, 0.4) is 0 Å². The highest BCUT2D eigenvalue weighted by Crippen LogP contribution is 2.65. The van der Waals surface area contributed by atoms with Crippen molar-refractivity contribution in [1.82, 2.24) is 0 Å². The maximum atomic E-state index is 14.2. The number of unbranched alkanes of at least 4 members (excludes halogenated alkanes) is 1. The largest absolute Gasteiger partial charge is 0.507 e. The Hall–Kier alpha value is -2.33. The van der Waals surface area contributed by atoms with Gasteiger partial charge in [-0.05, 0) is 54.1 Å². The van der Waals surface area contributed by atoms with Crippen molar-refractivity contribution >= 4 is 17.5 Å². The molecule has 0 spiro atoms. The predicted octanol–water partition coefficient (Wildman–Crippen LogP) is 1.37. The molecular weight excluding hydrogens is 488 g/mol. The van der Waals surface area contributed by atoms with Crippen LogP contribution < -0.4 is 11.5 Å². The van der Waals surface area contributed by atoms with Gasteiger partial charge < -0.3 is 31.9 Å². The minimum absolute atomic E-state index is 0.0186. The Balaban J connectivity index is 1.96. The van der Waals surface area contributed by atoms with Crippen molar-refractivity contribution in [2.75, 3.05) is 0 Å². The lowest BCUT2D eigenvalue weighted by atomic mass is 9.39. The first-order valence-electron chi connectivity index (χ1n) is 13.6. The van der Waals surface area contributed by atoms with Crippen LogP contribution in [0.2, 0.25) is 0 Å². The second kappa shape index (κ2) is 9.40. The van der Waals surface area contributed by atoms with Crippen molar-refractivity contribution in [3.63, 3.8) is 0 Å². The van der Waals surface area contributed by atoms with Crippen LogP contribution in [0.4, 0.5) is 0 Å². The number of hydrogen-bond acceptors (Lipinski definition) is 8. The van der Waals surface area contributed by atoms with Gasteiger partial charge in [0.1, 0.15) is 17.8 Å². The number of ketones is 2. The average Bonchev–Trinajstić information content (AvgIpc) is 2.80. The molecule has 1 aromatic rings. The second-order valence-corrected chi connectivity index (χ2v) is 12.7. The number of amides is 1. The third-order valence-corrected chi connectivity index (χ3v) is 9.97. The number of rotatable bonds is 6. The zero-order valence-electron chi connectivity index (χ0n) is 23.0. The lowest BCUT2D eigenvalue weighted by Crippen LogP contribution is -2.79. The predicted molar refractivity (Wildman–Crippen MR) is 140 cm³/mol. The fourth-order valence-electron chi connectivity index (χ4n) is 8.48. The number of carbonyl (C=O) groups excluding carboxylic acids is 3. The Bertz CT molecular complexity index is 1180. The minimum atomic E-state index is -2.51. The van der Waals surface area contributed by atoms with E-state index >= 15 is 0 Å². The Morgan fingerprint density at radius 1 is 1.18 bits per heavy atom. The average molecular weight is 531 g/mol. The van der Waals surface area contributed by atoms with Gasteiger partial charge in [-0.15, -0.1) is 0 Å². The normalized spacial score (nSPS) is 38.5. The number of aliphatic hydroxyl groups is 3. The molecule has 9 nitrogen and oxygen atoms in total. The Morgan fingerprint density at radius 3 is 2.34 bits per heavy atom. The zero-order valence-corrected chi connectivity index (χ0v) is 23.0. The number of nitrogens with two attached hydrogens (primary N) is 2. The Kier molecular flexibility index (Phi) is 7.09. The molecule has 3 aliphatic carbocycles. The van der Waals surface area contributed by atoms with Crippen molar-refractivity contribution in [1.29, 1.82) is 0 Å². The number of fused-ring (bicyclic) bond motifs is 3. The molecule has 4 rings (SSSR count). The van der Waals surface area contributed by atoms with Gasteiger partial charge in [-0.25, -0.2) is 0 Å². The van der Waals surface area contributed by atoms with E-state index in [1.165, 1.54) is 0 Å². The summed E-state index contributed by atoms with van der Waals surface area (Å²) in [7, 11) is 0. The molecule has 8 N–H and O–H groups in total. The summed E-state index contributed by atoms with van der Waals surface area (Å²) >= 11 is 0. The maximum absolute atomic E-state index is 14.2. The first kappa shape index (κ1) is 28.7. The standard InChI is InChI=1S/C29H42N2O7/c1-6-7-8-14-9-15(11-30)21(32)17-16(14)10-27(4)12-28(5)19(13(2)3)23(34)18(26(31)37)24(35)29(28,38)25(36)20(27)22(17)33/h9,13,18-20,23,25,32,34,36,38H,6-8,10-12,30H2,1-5H3,(H2,31,37)/t18-,19+,20-,23?,25?,27-,28-,29+/m1/s1. The van der Waals surface area contributed by atoms with E-state index in [-0.39, 0.29) is 30.2 Å². The molecule has 38 heavy (non-hydrogen) atoms. The van der Waals surface area contributed by atoms with E-state index in [1.807, 2.05) is 26.8 Å². The van der Waals surface area contributed by atoms with Crippen LogP contribution in [0, 0.1) is 34.5 Å². The molecule has 1 amide bonds. The van der Waals surface area contributed by atoms with Crippen LogP contribution in [0.1, 0.15) is 80.9 Å². The van der Waals surface area contributed by atoms with Crippen molar-refractivity contribution in [2.24, 2.45) is 46.0 Å². The summed E-state index contributed by atoms with van der Waals surface area (Å²) in [6.07, 6.45) is -0.366. The molecule has 0 radical (unpaired) electrons. The molecule has 0 aliphatic heterocycles. The number of aromatic hydroxyl groups is 1. The molecule has 3 aliphatic rings.